The van der Waals surface area contributed by atoms with Crippen molar-refractivity contribution in [3.8, 4) is 0 Å². The van der Waals surface area contributed by atoms with Gasteiger partial charge in [-0.2, -0.15) is 13.2 Å². The molecule has 0 radical (unpaired) electrons. The number of halogens is 3. The molecular formula is C24H29F3N4O. The highest BCUT2D eigenvalue weighted by Crippen LogP contribution is 2.32. The van der Waals surface area contributed by atoms with Gasteiger partial charge in [-0.3, -0.25) is 0 Å². The van der Waals surface area contributed by atoms with E-state index < -0.39 is 11.7 Å². The minimum absolute atomic E-state index is 0.261. The summed E-state index contributed by atoms with van der Waals surface area (Å²) in [5.74, 6) is 1.48. The summed E-state index contributed by atoms with van der Waals surface area (Å²) in [6.45, 7) is 3.46. The quantitative estimate of drug-likeness (QED) is 0.466. The second-order valence-corrected chi connectivity index (χ2v) is 8.36. The van der Waals surface area contributed by atoms with Gasteiger partial charge < -0.3 is 15.0 Å². The molecule has 2 heterocycles. The highest BCUT2D eigenvalue weighted by atomic mass is 19.4. The molecule has 32 heavy (non-hydrogen) atoms. The molecule has 0 atom stereocenters. The van der Waals surface area contributed by atoms with Crippen molar-refractivity contribution in [3.63, 3.8) is 0 Å². The minimum atomic E-state index is -4.33. The number of hydrogen-bond acceptors (Lipinski definition) is 4. The zero-order chi connectivity index (χ0) is 22.7. The number of benzene rings is 1. The normalized spacial score (nSPS) is 14.1. The van der Waals surface area contributed by atoms with E-state index in [0.29, 0.717) is 24.5 Å². The van der Waals surface area contributed by atoms with Gasteiger partial charge in [0.1, 0.15) is 11.3 Å². The molecule has 5 nitrogen and oxygen atoms in total. The molecule has 0 spiro atoms. The fourth-order valence-corrected chi connectivity index (χ4v) is 4.35. The maximum Gasteiger partial charge on any atom is 0.416 e. The number of nitrogens with zero attached hydrogens (tertiary/aromatic N) is 3. The maximum atomic E-state index is 12.7. The molecule has 2 aromatic heterocycles. The van der Waals surface area contributed by atoms with Crippen LogP contribution in [0.4, 0.5) is 19.0 Å². The first-order valence-electron chi connectivity index (χ1n) is 11.3. The van der Waals surface area contributed by atoms with Crippen LogP contribution in [-0.2, 0) is 43.3 Å². The Morgan fingerprint density at radius 2 is 1.84 bits per heavy atom. The zero-order valence-corrected chi connectivity index (χ0v) is 18.3. The number of pyridine rings is 1. The van der Waals surface area contributed by atoms with Crippen molar-refractivity contribution in [2.45, 2.75) is 71.2 Å². The zero-order valence-electron chi connectivity index (χ0n) is 18.3. The molecule has 2 N–H and O–H groups in total. The largest absolute Gasteiger partial charge is 0.416 e. The van der Waals surface area contributed by atoms with Crippen molar-refractivity contribution in [3.05, 3.63) is 52.5 Å². The van der Waals surface area contributed by atoms with Gasteiger partial charge >= 0.3 is 6.18 Å². The third-order valence-electron chi connectivity index (χ3n) is 6.03. The van der Waals surface area contributed by atoms with E-state index in [-0.39, 0.29) is 6.61 Å². The molecule has 0 aliphatic heterocycles. The average molecular weight is 447 g/mol. The number of unbranched alkanes of at least 4 members (excludes halogenated alkanes) is 1. The molecule has 1 aliphatic carbocycles. The topological polar surface area (TPSA) is 66.0 Å². The number of alkyl halides is 3. The average Bonchev–Trinajstić information content (AvgIpc) is 3.14. The van der Waals surface area contributed by atoms with Gasteiger partial charge in [0.25, 0.3) is 0 Å². The number of aromatic nitrogens is 3. The molecule has 0 amide bonds. The Hall–Kier alpha value is -2.61. The molecule has 1 aromatic carbocycles. The number of rotatable bonds is 8. The third-order valence-corrected chi connectivity index (χ3v) is 6.03. The Balaban J connectivity index is 1.52. The van der Waals surface area contributed by atoms with E-state index in [1.807, 2.05) is 0 Å². The van der Waals surface area contributed by atoms with E-state index in [2.05, 4.69) is 16.5 Å². The predicted molar refractivity (Wildman–Crippen MR) is 118 cm³/mol. The van der Waals surface area contributed by atoms with E-state index in [9.17, 15) is 13.2 Å². The van der Waals surface area contributed by atoms with Gasteiger partial charge in [0.05, 0.1) is 24.3 Å². The summed E-state index contributed by atoms with van der Waals surface area (Å²) < 4.78 is 46.2. The summed E-state index contributed by atoms with van der Waals surface area (Å²) >= 11 is 0. The Labute approximate surface area is 185 Å². The molecule has 4 rings (SSSR count). The lowest BCUT2D eigenvalue weighted by atomic mass is 9.95. The Bertz CT molecular complexity index is 1070. The number of aryl methyl sites for hydroxylation is 3. The monoisotopic (exact) mass is 446 g/mol. The lowest BCUT2D eigenvalue weighted by molar-refractivity contribution is -0.137. The first-order valence-corrected chi connectivity index (χ1v) is 11.3. The molecule has 0 unspecified atom stereocenters. The van der Waals surface area contributed by atoms with Crippen LogP contribution >= 0.6 is 0 Å². The second-order valence-electron chi connectivity index (χ2n) is 8.36. The molecule has 0 saturated heterocycles. The SMILES string of the molecule is CCCCc1nc2c(N)nc3c(c2n1CCOCc1ccc(C(F)(F)F)cc1)CCCC3. The molecule has 1 aliphatic rings. The Morgan fingerprint density at radius 3 is 2.56 bits per heavy atom. The van der Waals surface area contributed by atoms with Gasteiger partial charge in [0.2, 0.25) is 0 Å². The highest BCUT2D eigenvalue weighted by Gasteiger charge is 2.30. The van der Waals surface area contributed by atoms with E-state index >= 15 is 0 Å². The number of fused-ring (bicyclic) bond motifs is 3. The van der Waals surface area contributed by atoms with Crippen LogP contribution in [0.3, 0.4) is 0 Å². The van der Waals surface area contributed by atoms with Gasteiger partial charge in [0.15, 0.2) is 5.82 Å². The van der Waals surface area contributed by atoms with Crippen LogP contribution in [0.25, 0.3) is 11.0 Å². The van der Waals surface area contributed by atoms with Crippen molar-refractivity contribution in [2.75, 3.05) is 12.3 Å². The number of nitrogens with two attached hydrogens (primary N) is 1. The summed E-state index contributed by atoms with van der Waals surface area (Å²) in [6, 6.07) is 5.11. The van der Waals surface area contributed by atoms with E-state index in [1.54, 1.807) is 0 Å². The van der Waals surface area contributed by atoms with Gasteiger partial charge in [-0.05, 0) is 55.4 Å². The van der Waals surface area contributed by atoms with E-state index in [0.717, 1.165) is 79.6 Å². The summed E-state index contributed by atoms with van der Waals surface area (Å²) in [4.78, 5) is 9.47. The first-order chi connectivity index (χ1) is 15.4. The van der Waals surface area contributed by atoms with Crippen LogP contribution in [0, 0.1) is 0 Å². The summed E-state index contributed by atoms with van der Waals surface area (Å²) in [7, 11) is 0. The second kappa shape index (κ2) is 9.48. The molecule has 0 saturated carbocycles. The van der Waals surface area contributed by atoms with Gasteiger partial charge in [-0.1, -0.05) is 25.5 Å². The number of hydrogen-bond donors (Lipinski definition) is 1. The Kier molecular flexibility index (Phi) is 6.69. The number of ether oxygens (including phenoxy) is 1. The number of anilines is 1. The van der Waals surface area contributed by atoms with E-state index in [1.165, 1.54) is 17.7 Å². The molecule has 3 aromatic rings. The summed E-state index contributed by atoms with van der Waals surface area (Å²) in [5, 5.41) is 0. The number of imidazole rings is 1. The smallest absolute Gasteiger partial charge is 0.382 e. The van der Waals surface area contributed by atoms with Crippen molar-refractivity contribution in [2.24, 2.45) is 0 Å². The van der Waals surface area contributed by atoms with Crippen molar-refractivity contribution in [1.29, 1.82) is 0 Å². The molecule has 0 bridgehead atoms. The third kappa shape index (κ3) is 4.75. The minimum Gasteiger partial charge on any atom is -0.382 e. The maximum absolute atomic E-state index is 12.7. The lowest BCUT2D eigenvalue weighted by Gasteiger charge is -2.18. The fraction of sp³-hybridized carbons (Fsp3) is 0.500. The molecule has 172 valence electrons. The van der Waals surface area contributed by atoms with Crippen LogP contribution in [0.1, 0.15) is 60.8 Å². The lowest BCUT2D eigenvalue weighted by Crippen LogP contribution is -2.14. The van der Waals surface area contributed by atoms with Crippen LogP contribution in [0.5, 0.6) is 0 Å². The molecule has 0 fully saturated rings. The van der Waals surface area contributed by atoms with Crippen LogP contribution in [-0.4, -0.2) is 21.1 Å². The van der Waals surface area contributed by atoms with Crippen molar-refractivity contribution in [1.82, 2.24) is 14.5 Å². The van der Waals surface area contributed by atoms with Crippen molar-refractivity contribution < 1.29 is 17.9 Å². The summed E-state index contributed by atoms with van der Waals surface area (Å²) in [6.07, 6.45) is 2.81. The van der Waals surface area contributed by atoms with Crippen molar-refractivity contribution >= 4 is 16.9 Å². The van der Waals surface area contributed by atoms with Crippen LogP contribution in [0.15, 0.2) is 24.3 Å². The molecular weight excluding hydrogens is 417 g/mol. The summed E-state index contributed by atoms with van der Waals surface area (Å²) in [5.41, 5.74) is 10.5. The fourth-order valence-electron chi connectivity index (χ4n) is 4.35. The molecule has 8 heteroatoms. The van der Waals surface area contributed by atoms with Crippen LogP contribution in [0.2, 0.25) is 0 Å². The van der Waals surface area contributed by atoms with Gasteiger partial charge in [-0.25, -0.2) is 9.97 Å². The standard InChI is InChI=1S/C24H29F3N4O/c1-2-3-8-20-30-21-22(18-6-4-5-7-19(18)29-23(21)28)31(20)13-14-32-15-16-9-11-17(12-10-16)24(25,26)27/h9-12H,2-8,13-15H2,1H3,(H2,28,29). The van der Waals surface area contributed by atoms with Gasteiger partial charge in [-0.15, -0.1) is 0 Å². The number of nitrogen functional groups attached to an aromatic ring is 1. The van der Waals surface area contributed by atoms with Crippen LogP contribution < -0.4 is 5.73 Å². The Morgan fingerprint density at radius 1 is 1.09 bits per heavy atom. The van der Waals surface area contributed by atoms with Gasteiger partial charge in [0, 0.05) is 18.7 Å². The highest BCUT2D eigenvalue weighted by molar-refractivity contribution is 5.89. The van der Waals surface area contributed by atoms with E-state index in [4.69, 9.17) is 15.5 Å². The first kappa shape index (κ1) is 22.6. The predicted octanol–water partition coefficient (Wildman–Crippen LogP) is 5.47.